The van der Waals surface area contributed by atoms with Crippen LogP contribution in [0.5, 0.6) is 0 Å². The van der Waals surface area contributed by atoms with Gasteiger partial charge >= 0.3 is 0 Å². The first kappa shape index (κ1) is 13.5. The molecule has 1 aromatic carbocycles. The smallest absolute Gasteiger partial charge is 0.191 e. The third kappa shape index (κ3) is 2.39. The zero-order chi connectivity index (χ0) is 15.1. The molecule has 1 atom stereocenters. The van der Waals surface area contributed by atoms with Gasteiger partial charge in [0.1, 0.15) is 17.9 Å². The van der Waals surface area contributed by atoms with Gasteiger partial charge in [0.2, 0.25) is 0 Å². The van der Waals surface area contributed by atoms with Crippen LogP contribution in [0.25, 0.3) is 11.0 Å². The standard InChI is InChI=1S/C16H17FN4O/c1-10-18-12(9-22-10)8-21-6-2-3-15(21)16-19-13-5-4-11(17)7-14(13)20-16/h4-5,7,9,15H,2-3,6,8H2,1H3,(H,19,20). The molecule has 1 aliphatic heterocycles. The minimum absolute atomic E-state index is 0.215. The van der Waals surface area contributed by atoms with Crippen LogP contribution >= 0.6 is 0 Å². The number of fused-ring (bicyclic) bond motifs is 1. The van der Waals surface area contributed by atoms with Crippen molar-refractivity contribution in [2.24, 2.45) is 0 Å². The maximum Gasteiger partial charge on any atom is 0.191 e. The summed E-state index contributed by atoms with van der Waals surface area (Å²) in [4.78, 5) is 14.6. The maximum absolute atomic E-state index is 13.3. The first-order valence-corrected chi connectivity index (χ1v) is 7.49. The first-order chi connectivity index (χ1) is 10.7. The predicted molar refractivity (Wildman–Crippen MR) is 79.7 cm³/mol. The Morgan fingerprint density at radius 1 is 1.41 bits per heavy atom. The van der Waals surface area contributed by atoms with Gasteiger partial charge in [-0.3, -0.25) is 4.90 Å². The van der Waals surface area contributed by atoms with E-state index < -0.39 is 0 Å². The molecule has 1 unspecified atom stereocenters. The molecule has 22 heavy (non-hydrogen) atoms. The van der Waals surface area contributed by atoms with Crippen molar-refractivity contribution in [1.29, 1.82) is 0 Å². The lowest BCUT2D eigenvalue weighted by Gasteiger charge is -2.21. The number of halogens is 1. The quantitative estimate of drug-likeness (QED) is 0.806. The van der Waals surface area contributed by atoms with Gasteiger partial charge in [-0.05, 0) is 37.6 Å². The predicted octanol–water partition coefficient (Wildman–Crippen LogP) is 3.34. The lowest BCUT2D eigenvalue weighted by Crippen LogP contribution is -2.23. The summed E-state index contributed by atoms with van der Waals surface area (Å²) in [5, 5.41) is 0. The summed E-state index contributed by atoms with van der Waals surface area (Å²) >= 11 is 0. The number of benzene rings is 1. The molecule has 3 heterocycles. The summed E-state index contributed by atoms with van der Waals surface area (Å²) in [6.45, 7) is 3.59. The third-order valence-electron chi connectivity index (χ3n) is 4.17. The second-order valence-electron chi connectivity index (χ2n) is 5.77. The summed E-state index contributed by atoms with van der Waals surface area (Å²) in [6.07, 6.45) is 3.87. The average Bonchev–Trinajstić information content (AvgIpc) is 3.18. The monoisotopic (exact) mass is 300 g/mol. The number of aromatic nitrogens is 3. The Kier molecular flexibility index (Phi) is 3.18. The molecule has 2 aromatic heterocycles. The number of likely N-dealkylation sites (tertiary alicyclic amines) is 1. The van der Waals surface area contributed by atoms with Gasteiger partial charge in [0.05, 0.1) is 22.8 Å². The second-order valence-corrected chi connectivity index (χ2v) is 5.77. The van der Waals surface area contributed by atoms with Gasteiger partial charge in [-0.2, -0.15) is 0 Å². The summed E-state index contributed by atoms with van der Waals surface area (Å²) in [6, 6.07) is 4.86. The van der Waals surface area contributed by atoms with Gasteiger partial charge < -0.3 is 9.40 Å². The van der Waals surface area contributed by atoms with E-state index in [-0.39, 0.29) is 11.9 Å². The molecule has 0 aliphatic carbocycles. The molecular formula is C16H17FN4O. The van der Waals surface area contributed by atoms with E-state index >= 15 is 0 Å². The number of hydrogen-bond donors (Lipinski definition) is 1. The van der Waals surface area contributed by atoms with Crippen molar-refractivity contribution in [2.75, 3.05) is 6.54 Å². The fraction of sp³-hybridized carbons (Fsp3) is 0.375. The van der Waals surface area contributed by atoms with Crippen LogP contribution in [-0.2, 0) is 6.54 Å². The molecule has 4 rings (SSSR count). The Morgan fingerprint density at radius 2 is 2.32 bits per heavy atom. The number of nitrogens with one attached hydrogen (secondary N) is 1. The largest absolute Gasteiger partial charge is 0.449 e. The highest BCUT2D eigenvalue weighted by atomic mass is 19.1. The highest BCUT2D eigenvalue weighted by molar-refractivity contribution is 5.75. The van der Waals surface area contributed by atoms with Gasteiger partial charge in [-0.1, -0.05) is 0 Å². The van der Waals surface area contributed by atoms with Crippen molar-refractivity contribution in [2.45, 2.75) is 32.4 Å². The molecule has 0 bridgehead atoms. The molecule has 0 saturated carbocycles. The third-order valence-corrected chi connectivity index (χ3v) is 4.17. The van der Waals surface area contributed by atoms with Crippen LogP contribution in [0.1, 0.15) is 36.3 Å². The normalized spacial score (nSPS) is 19.3. The van der Waals surface area contributed by atoms with Gasteiger partial charge in [-0.15, -0.1) is 0 Å². The Labute approximate surface area is 127 Å². The number of aryl methyl sites for hydroxylation is 1. The molecule has 6 heteroatoms. The number of imidazole rings is 1. The number of rotatable bonds is 3. The highest BCUT2D eigenvalue weighted by Crippen LogP contribution is 2.32. The summed E-state index contributed by atoms with van der Waals surface area (Å²) in [5.41, 5.74) is 2.49. The molecule has 3 aromatic rings. The molecule has 0 amide bonds. The van der Waals surface area contributed by atoms with Gasteiger partial charge in [0.25, 0.3) is 0 Å². The van der Waals surface area contributed by atoms with E-state index in [1.54, 1.807) is 12.3 Å². The Bertz CT molecular complexity index is 809. The molecular weight excluding hydrogens is 283 g/mol. The summed E-state index contributed by atoms with van der Waals surface area (Å²) in [7, 11) is 0. The van der Waals surface area contributed by atoms with Crippen molar-refractivity contribution in [3.63, 3.8) is 0 Å². The van der Waals surface area contributed by atoms with Crippen LogP contribution in [-0.4, -0.2) is 26.4 Å². The molecule has 0 spiro atoms. The fourth-order valence-electron chi connectivity index (χ4n) is 3.17. The van der Waals surface area contributed by atoms with E-state index in [9.17, 15) is 4.39 Å². The Hall–Kier alpha value is -2.21. The molecule has 0 radical (unpaired) electrons. The molecule has 1 saturated heterocycles. The van der Waals surface area contributed by atoms with Crippen LogP contribution in [0.4, 0.5) is 4.39 Å². The van der Waals surface area contributed by atoms with E-state index in [0.29, 0.717) is 5.89 Å². The van der Waals surface area contributed by atoms with Crippen LogP contribution < -0.4 is 0 Å². The highest BCUT2D eigenvalue weighted by Gasteiger charge is 2.29. The SMILES string of the molecule is Cc1nc(CN2CCCC2c2nc3ccc(F)cc3[nH]2)co1. The maximum atomic E-state index is 13.3. The van der Waals surface area contributed by atoms with E-state index in [1.807, 2.05) is 6.92 Å². The van der Waals surface area contributed by atoms with Crippen LogP contribution in [0.2, 0.25) is 0 Å². The molecule has 1 fully saturated rings. The zero-order valence-corrected chi connectivity index (χ0v) is 12.3. The van der Waals surface area contributed by atoms with Crippen molar-refractivity contribution < 1.29 is 8.81 Å². The minimum Gasteiger partial charge on any atom is -0.449 e. The average molecular weight is 300 g/mol. The minimum atomic E-state index is -0.246. The van der Waals surface area contributed by atoms with Crippen LogP contribution in [0.3, 0.4) is 0 Å². The second kappa shape index (κ2) is 5.21. The van der Waals surface area contributed by atoms with Crippen LogP contribution in [0.15, 0.2) is 28.9 Å². The molecule has 1 N–H and O–H groups in total. The van der Waals surface area contributed by atoms with Crippen molar-refractivity contribution in [3.05, 3.63) is 47.7 Å². The van der Waals surface area contributed by atoms with E-state index in [1.165, 1.54) is 12.1 Å². The first-order valence-electron chi connectivity index (χ1n) is 7.49. The molecule has 114 valence electrons. The van der Waals surface area contributed by atoms with Gasteiger partial charge in [0.15, 0.2) is 5.89 Å². The summed E-state index contributed by atoms with van der Waals surface area (Å²) in [5.74, 6) is 1.34. The van der Waals surface area contributed by atoms with Gasteiger partial charge in [0, 0.05) is 13.5 Å². The van der Waals surface area contributed by atoms with E-state index in [2.05, 4.69) is 19.9 Å². The molecule has 5 nitrogen and oxygen atoms in total. The van der Waals surface area contributed by atoms with Gasteiger partial charge in [-0.25, -0.2) is 14.4 Å². The Balaban J connectivity index is 1.61. The molecule has 1 aliphatic rings. The van der Waals surface area contributed by atoms with Crippen molar-refractivity contribution in [1.82, 2.24) is 19.9 Å². The van der Waals surface area contributed by atoms with E-state index in [4.69, 9.17) is 4.42 Å². The number of aromatic amines is 1. The summed E-state index contributed by atoms with van der Waals surface area (Å²) < 4.78 is 18.6. The number of nitrogens with zero attached hydrogens (tertiary/aromatic N) is 3. The lowest BCUT2D eigenvalue weighted by atomic mass is 10.2. The van der Waals surface area contributed by atoms with Crippen LogP contribution in [0, 0.1) is 12.7 Å². The number of oxazole rings is 1. The van der Waals surface area contributed by atoms with Crippen molar-refractivity contribution in [3.8, 4) is 0 Å². The number of hydrogen-bond acceptors (Lipinski definition) is 4. The zero-order valence-electron chi connectivity index (χ0n) is 12.3. The van der Waals surface area contributed by atoms with E-state index in [0.717, 1.165) is 48.5 Å². The number of H-pyrrole nitrogens is 1. The topological polar surface area (TPSA) is 58.0 Å². The lowest BCUT2D eigenvalue weighted by molar-refractivity contribution is 0.238. The fourth-order valence-corrected chi connectivity index (χ4v) is 3.17. The Morgan fingerprint density at radius 3 is 3.14 bits per heavy atom. The van der Waals surface area contributed by atoms with Crippen molar-refractivity contribution >= 4 is 11.0 Å².